The lowest BCUT2D eigenvalue weighted by molar-refractivity contribution is 0.244. The zero-order valence-electron chi connectivity index (χ0n) is 12.9. The van der Waals surface area contributed by atoms with E-state index in [1.54, 1.807) is 31.5 Å². The first-order valence-electron chi connectivity index (χ1n) is 7.27. The van der Waals surface area contributed by atoms with Gasteiger partial charge in [-0.2, -0.15) is 0 Å². The van der Waals surface area contributed by atoms with Crippen LogP contribution in [0.2, 0.25) is 0 Å². The van der Waals surface area contributed by atoms with E-state index in [1.807, 2.05) is 24.3 Å². The first-order valence-corrected chi connectivity index (χ1v) is 7.27. The molecule has 2 rings (SSSR count). The molecule has 0 aliphatic carbocycles. The van der Waals surface area contributed by atoms with Gasteiger partial charge in [0.25, 0.3) is 0 Å². The summed E-state index contributed by atoms with van der Waals surface area (Å²) in [6, 6.07) is 13.4. The van der Waals surface area contributed by atoms with E-state index in [9.17, 15) is 9.18 Å². The zero-order valence-corrected chi connectivity index (χ0v) is 12.9. The quantitative estimate of drug-likeness (QED) is 0.859. The molecule has 0 spiro atoms. The van der Waals surface area contributed by atoms with Crippen molar-refractivity contribution < 1.29 is 13.9 Å². The van der Waals surface area contributed by atoms with E-state index in [0.29, 0.717) is 13.0 Å². The van der Waals surface area contributed by atoms with Crippen molar-refractivity contribution in [2.45, 2.75) is 6.42 Å². The highest BCUT2D eigenvalue weighted by Crippen LogP contribution is 2.11. The maximum Gasteiger partial charge on any atom is 0.318 e. The number of urea groups is 1. The van der Waals surface area contributed by atoms with Gasteiger partial charge in [-0.25, -0.2) is 9.18 Å². The smallest absolute Gasteiger partial charge is 0.318 e. The van der Waals surface area contributed by atoms with E-state index >= 15 is 0 Å². The second-order valence-corrected chi connectivity index (χ2v) is 4.88. The van der Waals surface area contributed by atoms with Gasteiger partial charge in [0.15, 0.2) is 0 Å². The molecule has 2 aromatic rings. The lowest BCUT2D eigenvalue weighted by Crippen LogP contribution is -2.33. The van der Waals surface area contributed by atoms with Gasteiger partial charge in [-0.1, -0.05) is 24.3 Å². The van der Waals surface area contributed by atoms with E-state index < -0.39 is 0 Å². The average molecular weight is 314 g/mol. The molecule has 4 nitrogen and oxygen atoms in total. The summed E-state index contributed by atoms with van der Waals surface area (Å²) in [5, 5.41) is 5.37. The molecule has 0 aromatic heterocycles. The minimum atomic E-state index is -0.281. The van der Waals surface area contributed by atoms with Crippen molar-refractivity contribution in [2.75, 3.05) is 13.7 Å². The second kappa shape index (κ2) is 8.58. The Balaban J connectivity index is 1.69. The molecule has 120 valence electrons. The fraction of sp³-hybridized carbons (Fsp3) is 0.167. The Morgan fingerprint density at radius 1 is 1.13 bits per heavy atom. The van der Waals surface area contributed by atoms with Crippen LogP contribution in [0.5, 0.6) is 5.75 Å². The number of rotatable bonds is 6. The summed E-state index contributed by atoms with van der Waals surface area (Å²) >= 11 is 0. The highest BCUT2D eigenvalue weighted by Gasteiger charge is 1.98. The number of hydrogen-bond acceptors (Lipinski definition) is 2. The minimum Gasteiger partial charge on any atom is -0.497 e. The summed E-state index contributed by atoms with van der Waals surface area (Å²) < 4.78 is 17.8. The topological polar surface area (TPSA) is 50.4 Å². The van der Waals surface area contributed by atoms with Crippen LogP contribution in [0.1, 0.15) is 11.1 Å². The Bertz CT molecular complexity index is 652. The monoisotopic (exact) mass is 314 g/mol. The number of ether oxygens (including phenoxy) is 1. The number of nitrogens with one attached hydrogen (secondary N) is 2. The van der Waals surface area contributed by atoms with Gasteiger partial charge in [0.05, 0.1) is 7.11 Å². The first-order chi connectivity index (χ1) is 11.2. The molecule has 0 saturated carbocycles. The fourth-order valence-electron chi connectivity index (χ4n) is 1.95. The molecule has 2 aromatic carbocycles. The molecule has 0 unspecified atom stereocenters. The molecule has 5 heteroatoms. The van der Waals surface area contributed by atoms with Crippen LogP contribution in [0.3, 0.4) is 0 Å². The van der Waals surface area contributed by atoms with E-state index in [-0.39, 0.29) is 11.8 Å². The van der Waals surface area contributed by atoms with Gasteiger partial charge in [-0.15, -0.1) is 0 Å². The SMILES string of the molecule is COc1ccc(/C=C/NC(=O)NCCc2ccc(F)cc2)cc1. The molecule has 0 atom stereocenters. The molecule has 23 heavy (non-hydrogen) atoms. The third kappa shape index (κ3) is 5.82. The molecule has 2 amide bonds. The van der Waals surface area contributed by atoms with Gasteiger partial charge in [0.1, 0.15) is 11.6 Å². The number of halogens is 1. The van der Waals surface area contributed by atoms with E-state index in [1.165, 1.54) is 12.1 Å². The van der Waals surface area contributed by atoms with Crippen molar-refractivity contribution in [3.8, 4) is 5.75 Å². The van der Waals surface area contributed by atoms with Crippen LogP contribution in [-0.2, 0) is 6.42 Å². The Kier molecular flexibility index (Phi) is 6.17. The standard InChI is InChI=1S/C18H19FN2O2/c1-23-17-8-4-15(5-9-17)11-13-21-18(22)20-12-10-14-2-6-16(19)7-3-14/h2-9,11,13H,10,12H2,1H3,(H2,20,21,22)/b13-11+. The number of carbonyl (C=O) groups excluding carboxylic acids is 1. The number of hydrogen-bond donors (Lipinski definition) is 2. The number of benzene rings is 2. The number of carbonyl (C=O) groups is 1. The molecular weight excluding hydrogens is 295 g/mol. The maximum atomic E-state index is 12.8. The normalized spacial score (nSPS) is 10.5. The minimum absolute atomic E-state index is 0.261. The van der Waals surface area contributed by atoms with Crippen LogP contribution in [0.25, 0.3) is 6.08 Å². The highest BCUT2D eigenvalue weighted by atomic mass is 19.1. The van der Waals surface area contributed by atoms with E-state index in [2.05, 4.69) is 10.6 Å². The molecule has 2 N–H and O–H groups in total. The Labute approximate surface area is 135 Å². The van der Waals surface area contributed by atoms with Crippen molar-refractivity contribution in [2.24, 2.45) is 0 Å². The van der Waals surface area contributed by atoms with Gasteiger partial charge in [-0.3, -0.25) is 0 Å². The van der Waals surface area contributed by atoms with Gasteiger partial charge in [0, 0.05) is 12.7 Å². The predicted octanol–water partition coefficient (Wildman–Crippen LogP) is 3.35. The van der Waals surface area contributed by atoms with Crippen LogP contribution < -0.4 is 15.4 Å². The molecule has 0 heterocycles. The van der Waals surface area contributed by atoms with Gasteiger partial charge >= 0.3 is 6.03 Å². The summed E-state index contributed by atoms with van der Waals surface area (Å²) in [5.74, 6) is 0.525. The molecule has 0 saturated heterocycles. The summed E-state index contributed by atoms with van der Waals surface area (Å²) in [5.41, 5.74) is 1.93. The number of amides is 2. The van der Waals surface area contributed by atoms with Crippen molar-refractivity contribution in [3.63, 3.8) is 0 Å². The molecule has 0 fully saturated rings. The van der Waals surface area contributed by atoms with Gasteiger partial charge in [-0.05, 0) is 47.9 Å². The summed E-state index contributed by atoms with van der Waals surface area (Å²) in [6.45, 7) is 0.480. The summed E-state index contributed by atoms with van der Waals surface area (Å²) in [4.78, 5) is 11.6. The van der Waals surface area contributed by atoms with Crippen molar-refractivity contribution in [1.82, 2.24) is 10.6 Å². The van der Waals surface area contributed by atoms with E-state index in [4.69, 9.17) is 4.74 Å². The van der Waals surface area contributed by atoms with Crippen LogP contribution >= 0.6 is 0 Å². The average Bonchev–Trinajstić information content (AvgIpc) is 2.57. The van der Waals surface area contributed by atoms with Crippen LogP contribution in [0.4, 0.5) is 9.18 Å². The number of methoxy groups -OCH3 is 1. The second-order valence-electron chi connectivity index (χ2n) is 4.88. The largest absolute Gasteiger partial charge is 0.497 e. The Hall–Kier alpha value is -2.82. The lowest BCUT2D eigenvalue weighted by atomic mass is 10.1. The molecule has 0 aliphatic heterocycles. The van der Waals surface area contributed by atoms with Crippen molar-refractivity contribution in [3.05, 3.63) is 71.7 Å². The highest BCUT2D eigenvalue weighted by molar-refractivity contribution is 5.75. The van der Waals surface area contributed by atoms with Gasteiger partial charge < -0.3 is 15.4 Å². The third-order valence-corrected chi connectivity index (χ3v) is 3.22. The summed E-state index contributed by atoms with van der Waals surface area (Å²) in [6.07, 6.45) is 4.02. The molecule has 0 bridgehead atoms. The van der Waals surface area contributed by atoms with Crippen LogP contribution in [0, 0.1) is 5.82 Å². The molecule has 0 aliphatic rings. The van der Waals surface area contributed by atoms with Crippen molar-refractivity contribution >= 4 is 12.1 Å². The molecular formula is C18H19FN2O2. The fourth-order valence-corrected chi connectivity index (χ4v) is 1.95. The lowest BCUT2D eigenvalue weighted by Gasteiger charge is -2.05. The zero-order chi connectivity index (χ0) is 16.5. The third-order valence-electron chi connectivity index (χ3n) is 3.22. The predicted molar refractivity (Wildman–Crippen MR) is 88.7 cm³/mol. The van der Waals surface area contributed by atoms with Gasteiger partial charge in [0.2, 0.25) is 0 Å². The van der Waals surface area contributed by atoms with Crippen LogP contribution in [-0.4, -0.2) is 19.7 Å². The Morgan fingerprint density at radius 3 is 2.48 bits per heavy atom. The van der Waals surface area contributed by atoms with Crippen molar-refractivity contribution in [1.29, 1.82) is 0 Å². The molecule has 0 radical (unpaired) electrons. The summed E-state index contributed by atoms with van der Waals surface area (Å²) in [7, 11) is 1.61. The van der Waals surface area contributed by atoms with E-state index in [0.717, 1.165) is 16.9 Å². The Morgan fingerprint density at radius 2 is 1.83 bits per heavy atom. The van der Waals surface area contributed by atoms with Crippen LogP contribution in [0.15, 0.2) is 54.7 Å². The maximum absolute atomic E-state index is 12.8. The first kappa shape index (κ1) is 16.5.